The minimum absolute atomic E-state index is 0.316. The molecule has 0 fully saturated rings. The Morgan fingerprint density at radius 1 is 1.43 bits per heavy atom. The number of hydrazine groups is 1. The van der Waals surface area contributed by atoms with Crippen molar-refractivity contribution in [1.29, 1.82) is 0 Å². The number of nitrogen functional groups attached to an aromatic ring is 1. The molecule has 0 amide bonds. The summed E-state index contributed by atoms with van der Waals surface area (Å²) in [7, 11) is 1.98. The van der Waals surface area contributed by atoms with Crippen molar-refractivity contribution < 1.29 is 0 Å². The normalized spacial score (nSPS) is 12.2. The predicted molar refractivity (Wildman–Crippen MR) is 85.6 cm³/mol. The number of hydrogen-bond donors (Lipinski definition) is 2. The van der Waals surface area contributed by atoms with E-state index in [1.54, 1.807) is 28.8 Å². The molecule has 0 aliphatic rings. The lowest BCUT2D eigenvalue weighted by molar-refractivity contribution is 0.651. The first-order valence-electron chi connectivity index (χ1n) is 6.64. The third-order valence-corrected chi connectivity index (χ3v) is 3.86. The Bertz CT molecular complexity index is 558. The molecule has 2 heterocycles. The van der Waals surface area contributed by atoms with E-state index in [0.717, 1.165) is 12.2 Å². The first-order chi connectivity index (χ1) is 10.2. The number of aromatic nitrogens is 5. The molecular formula is C12H20N8S. The minimum atomic E-state index is 0.316. The fraction of sp³-hybridized carbons (Fsp3) is 0.500. The number of hydrogen-bond acceptors (Lipinski definition) is 8. The summed E-state index contributed by atoms with van der Waals surface area (Å²) in [6, 6.07) is 2.16. The molecule has 0 spiro atoms. The smallest absolute Gasteiger partial charge is 0.257 e. The molecule has 0 saturated carbocycles. The van der Waals surface area contributed by atoms with Gasteiger partial charge in [0.2, 0.25) is 11.9 Å². The molecule has 0 saturated heterocycles. The number of anilines is 2. The Labute approximate surface area is 128 Å². The highest BCUT2D eigenvalue weighted by Crippen LogP contribution is 2.17. The van der Waals surface area contributed by atoms with E-state index in [1.807, 2.05) is 18.0 Å². The number of rotatable bonds is 7. The van der Waals surface area contributed by atoms with Gasteiger partial charge >= 0.3 is 0 Å². The van der Waals surface area contributed by atoms with Crippen molar-refractivity contribution in [2.45, 2.75) is 19.4 Å². The predicted octanol–water partition coefficient (Wildman–Crippen LogP) is 0.921. The van der Waals surface area contributed by atoms with Gasteiger partial charge in [-0.1, -0.05) is 6.92 Å². The Balaban J connectivity index is 2.36. The van der Waals surface area contributed by atoms with E-state index >= 15 is 0 Å². The lowest BCUT2D eigenvalue weighted by Crippen LogP contribution is -2.35. The third kappa shape index (κ3) is 3.61. The number of nitrogens with two attached hydrogens (primary N) is 1. The second-order valence-corrected chi connectivity index (χ2v) is 5.39. The molecule has 1 unspecified atom stereocenters. The van der Waals surface area contributed by atoms with Gasteiger partial charge in [-0.25, -0.2) is 10.5 Å². The van der Waals surface area contributed by atoms with Crippen LogP contribution in [-0.4, -0.2) is 49.8 Å². The zero-order valence-electron chi connectivity index (χ0n) is 12.4. The van der Waals surface area contributed by atoms with Crippen molar-refractivity contribution >= 4 is 23.7 Å². The molecule has 0 bridgehead atoms. The Kier molecular flexibility index (Phi) is 5.34. The van der Waals surface area contributed by atoms with Crippen LogP contribution in [0.5, 0.6) is 0 Å². The molecule has 0 aromatic carbocycles. The zero-order chi connectivity index (χ0) is 15.2. The summed E-state index contributed by atoms with van der Waals surface area (Å²) in [6.07, 6.45) is 6.54. The van der Waals surface area contributed by atoms with Crippen LogP contribution in [0.1, 0.15) is 13.3 Å². The second-order valence-electron chi connectivity index (χ2n) is 4.48. The largest absolute Gasteiger partial charge is 0.340 e. The highest BCUT2D eigenvalue weighted by Gasteiger charge is 2.18. The van der Waals surface area contributed by atoms with E-state index in [1.165, 1.54) is 0 Å². The lowest BCUT2D eigenvalue weighted by Gasteiger charge is -2.27. The van der Waals surface area contributed by atoms with Crippen LogP contribution in [0.4, 0.5) is 11.9 Å². The molecule has 2 aromatic heterocycles. The van der Waals surface area contributed by atoms with Crippen molar-refractivity contribution in [2.75, 3.05) is 29.4 Å². The van der Waals surface area contributed by atoms with Gasteiger partial charge in [-0.3, -0.25) is 5.43 Å². The molecule has 21 heavy (non-hydrogen) atoms. The summed E-state index contributed by atoms with van der Waals surface area (Å²) in [5.74, 6) is 7.78. The SMILES string of the molecule is CCC(CSC)N(C)c1nc(NN)nc(-n2cccn2)n1. The van der Waals surface area contributed by atoms with E-state index < -0.39 is 0 Å². The van der Waals surface area contributed by atoms with Gasteiger partial charge in [0.15, 0.2) is 0 Å². The van der Waals surface area contributed by atoms with Crippen LogP contribution in [-0.2, 0) is 0 Å². The van der Waals surface area contributed by atoms with Gasteiger partial charge in [0.1, 0.15) is 0 Å². The summed E-state index contributed by atoms with van der Waals surface area (Å²) < 4.78 is 1.58. The lowest BCUT2D eigenvalue weighted by atomic mass is 10.2. The Hall–Kier alpha value is -1.87. The quantitative estimate of drug-likeness (QED) is 0.575. The zero-order valence-corrected chi connectivity index (χ0v) is 13.2. The van der Waals surface area contributed by atoms with Crippen LogP contribution in [0.2, 0.25) is 0 Å². The van der Waals surface area contributed by atoms with Gasteiger partial charge < -0.3 is 4.90 Å². The molecule has 2 rings (SSSR count). The topological polar surface area (TPSA) is 97.8 Å². The van der Waals surface area contributed by atoms with E-state index in [2.05, 4.69) is 38.7 Å². The van der Waals surface area contributed by atoms with Crippen LogP contribution in [0.3, 0.4) is 0 Å². The molecule has 2 aromatic rings. The van der Waals surface area contributed by atoms with Crippen LogP contribution in [0, 0.1) is 0 Å². The molecular weight excluding hydrogens is 288 g/mol. The number of thioether (sulfide) groups is 1. The van der Waals surface area contributed by atoms with Gasteiger partial charge in [0.25, 0.3) is 5.95 Å². The standard InChI is InChI=1S/C12H20N8S/c1-4-9(8-21-3)19(2)11-15-10(18-13)16-12(17-11)20-7-5-6-14-20/h5-7,9H,4,8,13H2,1-3H3,(H,15,16,17,18). The molecule has 0 radical (unpaired) electrons. The van der Waals surface area contributed by atoms with Crippen molar-refractivity contribution in [2.24, 2.45) is 5.84 Å². The fourth-order valence-corrected chi connectivity index (χ4v) is 2.77. The first kappa shape index (κ1) is 15.5. The van der Waals surface area contributed by atoms with Crippen molar-refractivity contribution in [1.82, 2.24) is 24.7 Å². The van der Waals surface area contributed by atoms with E-state index in [-0.39, 0.29) is 0 Å². The third-order valence-electron chi connectivity index (χ3n) is 3.14. The first-order valence-corrected chi connectivity index (χ1v) is 8.03. The van der Waals surface area contributed by atoms with Crippen molar-refractivity contribution in [3.63, 3.8) is 0 Å². The molecule has 0 aliphatic heterocycles. The average molecular weight is 308 g/mol. The summed E-state index contributed by atoms with van der Waals surface area (Å²) in [4.78, 5) is 15.1. The highest BCUT2D eigenvalue weighted by atomic mass is 32.2. The van der Waals surface area contributed by atoms with Gasteiger partial charge in [0.05, 0.1) is 0 Å². The van der Waals surface area contributed by atoms with Gasteiger partial charge in [0, 0.05) is 31.2 Å². The van der Waals surface area contributed by atoms with E-state index in [4.69, 9.17) is 5.84 Å². The Morgan fingerprint density at radius 3 is 2.81 bits per heavy atom. The number of nitrogens with zero attached hydrogens (tertiary/aromatic N) is 6. The van der Waals surface area contributed by atoms with Crippen molar-refractivity contribution in [3.05, 3.63) is 18.5 Å². The summed E-state index contributed by atoms with van der Waals surface area (Å²) in [5.41, 5.74) is 2.48. The molecule has 114 valence electrons. The maximum Gasteiger partial charge on any atom is 0.257 e. The van der Waals surface area contributed by atoms with Crippen LogP contribution >= 0.6 is 11.8 Å². The average Bonchev–Trinajstić information content (AvgIpc) is 3.05. The molecule has 0 aliphatic carbocycles. The van der Waals surface area contributed by atoms with Crippen LogP contribution in [0.25, 0.3) is 5.95 Å². The molecule has 8 nitrogen and oxygen atoms in total. The maximum absolute atomic E-state index is 5.45. The van der Waals surface area contributed by atoms with Crippen LogP contribution < -0.4 is 16.2 Å². The molecule has 9 heteroatoms. The Morgan fingerprint density at radius 2 is 2.24 bits per heavy atom. The fourth-order valence-electron chi connectivity index (χ4n) is 1.92. The van der Waals surface area contributed by atoms with Crippen molar-refractivity contribution in [3.8, 4) is 5.95 Å². The minimum Gasteiger partial charge on any atom is -0.340 e. The van der Waals surface area contributed by atoms with Crippen LogP contribution in [0.15, 0.2) is 18.5 Å². The maximum atomic E-state index is 5.45. The number of nitrogens with one attached hydrogen (secondary N) is 1. The molecule has 3 N–H and O–H groups in total. The highest BCUT2D eigenvalue weighted by molar-refractivity contribution is 7.98. The van der Waals surface area contributed by atoms with Gasteiger partial charge in [-0.2, -0.15) is 31.8 Å². The van der Waals surface area contributed by atoms with Gasteiger partial charge in [-0.15, -0.1) is 0 Å². The summed E-state index contributed by atoms with van der Waals surface area (Å²) in [5, 5.41) is 4.14. The second kappa shape index (κ2) is 7.23. The molecule has 1 atom stereocenters. The summed E-state index contributed by atoms with van der Waals surface area (Å²) >= 11 is 1.80. The van der Waals surface area contributed by atoms with E-state index in [9.17, 15) is 0 Å². The van der Waals surface area contributed by atoms with E-state index in [0.29, 0.717) is 23.9 Å². The van der Waals surface area contributed by atoms with Gasteiger partial charge in [-0.05, 0) is 18.7 Å². The monoisotopic (exact) mass is 308 g/mol. The summed E-state index contributed by atoms with van der Waals surface area (Å²) in [6.45, 7) is 2.15.